The second kappa shape index (κ2) is 12.5. The minimum absolute atomic E-state index is 0.0120. The first-order valence-corrected chi connectivity index (χ1v) is 14.6. The summed E-state index contributed by atoms with van der Waals surface area (Å²) in [6, 6.07) is 15.0. The van der Waals surface area contributed by atoms with E-state index >= 15 is 0 Å². The van der Waals surface area contributed by atoms with Crippen LogP contribution in [-0.2, 0) is 9.47 Å². The molecule has 3 aromatic rings. The lowest BCUT2D eigenvalue weighted by Gasteiger charge is -2.51. The van der Waals surface area contributed by atoms with E-state index in [0.29, 0.717) is 5.69 Å². The Morgan fingerprint density at radius 2 is 1.86 bits per heavy atom. The van der Waals surface area contributed by atoms with Crippen LogP contribution in [-0.4, -0.2) is 68.4 Å². The van der Waals surface area contributed by atoms with Crippen molar-refractivity contribution in [3.63, 3.8) is 0 Å². The first-order valence-electron chi connectivity index (χ1n) is 12.8. The summed E-state index contributed by atoms with van der Waals surface area (Å²) in [6.45, 7) is 7.35. The monoisotopic (exact) mass is 618 g/mol. The normalized spacial score (nSPS) is 21.5. The molecule has 9 nitrogen and oxygen atoms in total. The number of anilines is 2. The molecule has 224 valence electrons. The molecule has 3 aromatic carbocycles. The van der Waals surface area contributed by atoms with Gasteiger partial charge in [-0.3, -0.25) is 9.11 Å². The molecule has 4 rings (SSSR count). The Labute approximate surface area is 250 Å². The van der Waals surface area contributed by atoms with Gasteiger partial charge < -0.3 is 24.6 Å². The molecule has 0 aliphatic carbocycles. The number of hydrogen-bond acceptors (Lipinski definition) is 9. The highest BCUT2D eigenvalue weighted by Crippen LogP contribution is 2.62. The molecule has 4 N–H and O–H groups in total. The summed E-state index contributed by atoms with van der Waals surface area (Å²) in [5.74, 6) is -1.71. The van der Waals surface area contributed by atoms with Crippen molar-refractivity contribution in [1.29, 1.82) is 0 Å². The van der Waals surface area contributed by atoms with Gasteiger partial charge in [0.2, 0.25) is 5.72 Å². The van der Waals surface area contributed by atoms with Crippen LogP contribution in [0, 0.1) is 5.82 Å². The molecular weight excluding hydrogens is 587 g/mol. The van der Waals surface area contributed by atoms with Gasteiger partial charge in [0.15, 0.2) is 6.23 Å². The average molecular weight is 619 g/mol. The predicted molar refractivity (Wildman–Crippen MR) is 161 cm³/mol. The maximum atomic E-state index is 14.4. The van der Waals surface area contributed by atoms with Crippen molar-refractivity contribution in [1.82, 2.24) is 4.31 Å². The highest BCUT2D eigenvalue weighted by atomic mass is 35.5. The van der Waals surface area contributed by atoms with Gasteiger partial charge in [0.25, 0.3) is 0 Å². The molecule has 0 saturated heterocycles. The van der Waals surface area contributed by atoms with Crippen LogP contribution < -0.4 is 4.90 Å². The number of likely N-dealkylation sites (N-methyl/N-ethyl adjacent to an activating group) is 1. The Hall–Kier alpha value is -3.26. The van der Waals surface area contributed by atoms with Gasteiger partial charge in [0, 0.05) is 18.3 Å². The average Bonchev–Trinajstić information content (AvgIpc) is 3.02. The number of aliphatic hydroxyl groups is 2. The van der Waals surface area contributed by atoms with E-state index < -0.39 is 40.6 Å². The molecule has 0 fully saturated rings. The fraction of sp³-hybridized carbons (Fsp3) is 0.233. The van der Waals surface area contributed by atoms with Crippen LogP contribution in [0.2, 0.25) is 5.02 Å². The molecule has 1 heterocycles. The number of aliphatic hydroxyl groups excluding tert-OH is 1. The number of halogens is 2. The van der Waals surface area contributed by atoms with Crippen molar-refractivity contribution in [2.75, 3.05) is 25.7 Å². The quantitative estimate of drug-likeness (QED) is 0.164. The summed E-state index contributed by atoms with van der Waals surface area (Å²) in [7, 11) is -1.72. The number of ether oxygens (including phenoxy) is 2. The fourth-order valence-electron chi connectivity index (χ4n) is 4.90. The van der Waals surface area contributed by atoms with Gasteiger partial charge in [-0.05, 0) is 48.4 Å². The number of esters is 1. The van der Waals surface area contributed by atoms with Gasteiger partial charge >= 0.3 is 5.97 Å². The molecule has 0 amide bonds. The Morgan fingerprint density at radius 1 is 1.17 bits per heavy atom. The van der Waals surface area contributed by atoms with Gasteiger partial charge in [0.05, 0.1) is 34.9 Å². The lowest BCUT2D eigenvalue weighted by atomic mass is 9.98. The molecule has 0 aromatic heterocycles. The first kappa shape index (κ1) is 31.7. The van der Waals surface area contributed by atoms with Crippen LogP contribution in [0.1, 0.15) is 16.8 Å². The van der Waals surface area contributed by atoms with Crippen molar-refractivity contribution in [2.24, 2.45) is 0 Å². The highest BCUT2D eigenvalue weighted by molar-refractivity contribution is 8.22. The molecule has 3 atom stereocenters. The topological polar surface area (TPSA) is 123 Å². The van der Waals surface area contributed by atoms with Gasteiger partial charge in [-0.25, -0.2) is 9.18 Å². The van der Waals surface area contributed by atoms with E-state index in [4.69, 9.17) is 16.3 Å². The Bertz CT molecular complexity index is 1490. The van der Waals surface area contributed by atoms with E-state index in [-0.39, 0.29) is 45.3 Å². The lowest BCUT2D eigenvalue weighted by Crippen LogP contribution is -2.66. The number of benzene rings is 3. The first-order chi connectivity index (χ1) is 19.9. The Morgan fingerprint density at radius 3 is 2.48 bits per heavy atom. The van der Waals surface area contributed by atoms with Crippen molar-refractivity contribution in [3.05, 3.63) is 102 Å². The number of fused-ring (bicyclic) bond motifs is 1. The number of hydrogen-bond donors (Lipinski definition) is 4. The molecule has 0 saturated carbocycles. The highest BCUT2D eigenvalue weighted by Gasteiger charge is 2.57. The van der Waals surface area contributed by atoms with Crippen LogP contribution in [0.4, 0.5) is 15.8 Å². The number of nitrogens with zero attached hydrogens (tertiary/aromatic N) is 2. The third-order valence-electron chi connectivity index (χ3n) is 7.10. The Balaban J connectivity index is 2.02. The van der Waals surface area contributed by atoms with Gasteiger partial charge in [-0.1, -0.05) is 48.0 Å². The zero-order chi connectivity index (χ0) is 30.8. The maximum Gasteiger partial charge on any atom is 0.340 e. The maximum absolute atomic E-state index is 14.4. The number of methoxy groups -OCH3 is 1. The van der Waals surface area contributed by atoms with Crippen LogP contribution in [0.3, 0.4) is 0 Å². The van der Waals surface area contributed by atoms with E-state index in [2.05, 4.69) is 17.9 Å². The van der Waals surface area contributed by atoms with E-state index in [1.165, 1.54) is 48.4 Å². The van der Waals surface area contributed by atoms with Crippen LogP contribution in [0.25, 0.3) is 11.1 Å². The molecule has 12 heteroatoms. The molecule has 1 aliphatic rings. The van der Waals surface area contributed by atoms with Gasteiger partial charge in [-0.2, -0.15) is 4.31 Å². The number of rotatable bonds is 9. The van der Waals surface area contributed by atoms with E-state index in [1.54, 1.807) is 30.3 Å². The van der Waals surface area contributed by atoms with Crippen molar-refractivity contribution in [2.45, 2.75) is 29.4 Å². The molecular formula is C30H32ClFN2O7S. The molecule has 0 radical (unpaired) electrons. The molecule has 42 heavy (non-hydrogen) atoms. The number of para-hydroxylation sites is 1. The number of carbonyl (C=O) groups excluding carboxylic acids is 1. The third kappa shape index (κ3) is 5.46. The minimum atomic E-state index is -4.10. The largest absolute Gasteiger partial charge is 0.465 e. The minimum Gasteiger partial charge on any atom is -0.465 e. The lowest BCUT2D eigenvalue weighted by molar-refractivity contribution is -0.209. The second-order valence-corrected chi connectivity index (χ2v) is 11.9. The van der Waals surface area contributed by atoms with Crippen molar-refractivity contribution >= 4 is 39.7 Å². The van der Waals surface area contributed by atoms with E-state index in [1.807, 2.05) is 0 Å². The van der Waals surface area contributed by atoms with Gasteiger partial charge in [0.1, 0.15) is 11.9 Å². The summed E-state index contributed by atoms with van der Waals surface area (Å²) in [5.41, 5.74) is -1.77. The summed E-state index contributed by atoms with van der Waals surface area (Å²) in [4.78, 5) is 13.4. The zero-order valence-corrected chi connectivity index (χ0v) is 24.6. The molecule has 0 bridgehead atoms. The number of carbonyl (C=O) groups is 1. The zero-order valence-electron chi connectivity index (χ0n) is 23.0. The second-order valence-electron chi connectivity index (χ2n) is 9.50. The molecule has 0 spiro atoms. The van der Waals surface area contributed by atoms with Crippen LogP contribution >= 0.6 is 22.4 Å². The summed E-state index contributed by atoms with van der Waals surface area (Å²) in [5, 5.41) is 24.3. The van der Waals surface area contributed by atoms with Crippen molar-refractivity contribution in [3.8, 4) is 11.1 Å². The van der Waals surface area contributed by atoms with Crippen LogP contribution in [0.15, 0.2) is 90.9 Å². The van der Waals surface area contributed by atoms with E-state index in [9.17, 15) is 28.5 Å². The van der Waals surface area contributed by atoms with E-state index in [0.717, 1.165) is 17.5 Å². The summed E-state index contributed by atoms with van der Waals surface area (Å²) < 4.78 is 49.4. The SMILES string of the molecule is C=CCOC(CC=C)[C@]1(O)C(O)N(c2ccccc2)c2cc(Cl)c(-c3ccc(F)c(C(=O)OC)c3)cc2S(O)(O)N1C. The summed E-state index contributed by atoms with van der Waals surface area (Å²) >= 11 is 6.74. The fourth-order valence-corrected chi connectivity index (χ4v) is 6.80. The standard InChI is InChI=1S/C30H32ClFN2O7S/c1-5-10-27(41-15-6-2)30(37)29(36)34(20-11-8-7-9-12-20)25-18-23(31)21(17-26(25)42(38,39)33(30)3)19-13-14-24(32)22(16-19)28(35)40-4/h5-9,11-14,16-18,27,29,36-39H,1-2,10,15H2,3-4H3/t27?,29?,30-/m0/s1. The predicted octanol–water partition coefficient (Wildman–Crippen LogP) is 6.20. The smallest absolute Gasteiger partial charge is 0.340 e. The molecule has 2 unspecified atom stereocenters. The van der Waals surface area contributed by atoms with Crippen LogP contribution in [0.5, 0.6) is 0 Å². The van der Waals surface area contributed by atoms with Crippen molar-refractivity contribution < 1.29 is 38.0 Å². The molecule has 1 aliphatic heterocycles. The third-order valence-corrected chi connectivity index (χ3v) is 9.39. The van der Waals surface area contributed by atoms with Gasteiger partial charge in [-0.15, -0.1) is 23.9 Å². The summed E-state index contributed by atoms with van der Waals surface area (Å²) in [6.07, 6.45) is -0.0643. The Kier molecular flexibility index (Phi) is 9.46.